The first-order valence-electron chi connectivity index (χ1n) is 5.87. The average molecular weight is 245 g/mol. The molecule has 0 heterocycles. The number of aromatic carboxylic acids is 1. The zero-order valence-electron chi connectivity index (χ0n) is 10.2. The molecule has 0 saturated carbocycles. The van der Waals surface area contributed by atoms with E-state index in [-0.39, 0.29) is 11.3 Å². The van der Waals surface area contributed by atoms with Crippen molar-refractivity contribution < 1.29 is 14.7 Å². The minimum Gasteiger partial charge on any atom is -0.478 e. The fraction of sp³-hybridized carbons (Fsp3) is 0.286. The molecule has 0 spiro atoms. The van der Waals surface area contributed by atoms with Crippen molar-refractivity contribution >= 4 is 23.0 Å². The van der Waals surface area contributed by atoms with Gasteiger partial charge in [0.1, 0.15) is 0 Å². The molecule has 0 amide bonds. The number of benzene rings is 1. The van der Waals surface area contributed by atoms with Gasteiger partial charge in [-0.25, -0.2) is 4.79 Å². The number of anilines is 1. The van der Waals surface area contributed by atoms with Crippen molar-refractivity contribution in [1.29, 1.82) is 0 Å². The van der Waals surface area contributed by atoms with E-state index in [1.54, 1.807) is 19.1 Å². The third-order valence-corrected chi connectivity index (χ3v) is 3.25. The fourth-order valence-corrected chi connectivity index (χ4v) is 2.38. The maximum atomic E-state index is 11.5. The van der Waals surface area contributed by atoms with E-state index < -0.39 is 5.97 Å². The van der Waals surface area contributed by atoms with Crippen LogP contribution in [-0.2, 0) is 4.79 Å². The number of nitrogen functional groups attached to an aromatic ring is 1. The van der Waals surface area contributed by atoms with Crippen LogP contribution in [0.2, 0.25) is 0 Å². The van der Waals surface area contributed by atoms with Gasteiger partial charge >= 0.3 is 5.97 Å². The van der Waals surface area contributed by atoms with Crippen LogP contribution >= 0.6 is 0 Å². The van der Waals surface area contributed by atoms with Crippen molar-refractivity contribution in [3.05, 3.63) is 34.9 Å². The number of carboxylic acids is 1. The Hall–Kier alpha value is -2.10. The zero-order chi connectivity index (χ0) is 13.3. The van der Waals surface area contributed by atoms with Crippen LogP contribution in [0.4, 0.5) is 5.69 Å². The molecule has 0 unspecified atom stereocenters. The van der Waals surface area contributed by atoms with Crippen molar-refractivity contribution in [1.82, 2.24) is 0 Å². The third kappa shape index (κ3) is 2.14. The second-order valence-corrected chi connectivity index (χ2v) is 4.50. The third-order valence-electron chi connectivity index (χ3n) is 3.25. The summed E-state index contributed by atoms with van der Waals surface area (Å²) in [7, 11) is 0. The molecular formula is C14H15NO3. The lowest BCUT2D eigenvalue weighted by Crippen LogP contribution is -2.09. The predicted molar refractivity (Wildman–Crippen MR) is 69.4 cm³/mol. The van der Waals surface area contributed by atoms with Crippen molar-refractivity contribution in [2.45, 2.75) is 26.2 Å². The molecule has 0 bridgehead atoms. The SMILES string of the molecule is Cc1c(C(=O)O)ccc(N)c1C1=CC(=O)CCC1. The molecule has 0 aliphatic heterocycles. The molecule has 1 aromatic rings. The lowest BCUT2D eigenvalue weighted by Gasteiger charge is -2.17. The second-order valence-electron chi connectivity index (χ2n) is 4.50. The van der Waals surface area contributed by atoms with Gasteiger partial charge in [0.15, 0.2) is 5.78 Å². The lowest BCUT2D eigenvalue weighted by molar-refractivity contribution is -0.114. The first-order valence-corrected chi connectivity index (χ1v) is 5.87. The largest absolute Gasteiger partial charge is 0.478 e. The summed E-state index contributed by atoms with van der Waals surface area (Å²) in [5.41, 5.74) is 8.87. The molecule has 0 aromatic heterocycles. The number of ketones is 1. The van der Waals surface area contributed by atoms with E-state index in [0.717, 1.165) is 18.4 Å². The molecular weight excluding hydrogens is 230 g/mol. The van der Waals surface area contributed by atoms with Crippen molar-refractivity contribution in [3.8, 4) is 0 Å². The van der Waals surface area contributed by atoms with Gasteiger partial charge in [-0.2, -0.15) is 0 Å². The highest BCUT2D eigenvalue weighted by molar-refractivity contribution is 6.01. The molecule has 4 heteroatoms. The van der Waals surface area contributed by atoms with E-state index in [9.17, 15) is 9.59 Å². The maximum Gasteiger partial charge on any atom is 0.335 e. The quantitative estimate of drug-likeness (QED) is 0.784. The average Bonchev–Trinajstić information content (AvgIpc) is 2.28. The highest BCUT2D eigenvalue weighted by Gasteiger charge is 2.19. The molecule has 1 aromatic carbocycles. The lowest BCUT2D eigenvalue weighted by atomic mass is 9.88. The van der Waals surface area contributed by atoms with Gasteiger partial charge in [-0.15, -0.1) is 0 Å². The van der Waals surface area contributed by atoms with Gasteiger partial charge < -0.3 is 10.8 Å². The van der Waals surface area contributed by atoms with Crippen LogP contribution in [0, 0.1) is 6.92 Å². The van der Waals surface area contributed by atoms with Gasteiger partial charge in [0, 0.05) is 17.7 Å². The Balaban J connectivity index is 2.59. The molecule has 1 aliphatic carbocycles. The molecule has 0 saturated heterocycles. The molecule has 94 valence electrons. The highest BCUT2D eigenvalue weighted by atomic mass is 16.4. The number of carbonyl (C=O) groups is 2. The van der Waals surface area contributed by atoms with Gasteiger partial charge in [0.25, 0.3) is 0 Å². The number of hydrogen-bond donors (Lipinski definition) is 2. The normalized spacial score (nSPS) is 15.4. The van der Waals surface area contributed by atoms with Crippen LogP contribution in [0.5, 0.6) is 0 Å². The summed E-state index contributed by atoms with van der Waals surface area (Å²) in [6.45, 7) is 1.73. The van der Waals surface area contributed by atoms with Gasteiger partial charge in [-0.3, -0.25) is 4.79 Å². The van der Waals surface area contributed by atoms with E-state index >= 15 is 0 Å². The maximum absolute atomic E-state index is 11.5. The molecule has 0 radical (unpaired) electrons. The van der Waals surface area contributed by atoms with E-state index in [4.69, 9.17) is 10.8 Å². The highest BCUT2D eigenvalue weighted by Crippen LogP contribution is 2.33. The number of rotatable bonds is 2. The second kappa shape index (κ2) is 4.64. The van der Waals surface area contributed by atoms with E-state index in [1.165, 1.54) is 6.07 Å². The summed E-state index contributed by atoms with van der Waals surface area (Å²) >= 11 is 0. The van der Waals surface area contributed by atoms with Gasteiger partial charge in [0.05, 0.1) is 5.56 Å². The first-order chi connectivity index (χ1) is 8.50. The zero-order valence-corrected chi connectivity index (χ0v) is 10.2. The minimum atomic E-state index is -0.975. The Bertz CT molecular complexity index is 558. The van der Waals surface area contributed by atoms with Gasteiger partial charge in [-0.05, 0) is 49.1 Å². The van der Waals surface area contributed by atoms with E-state index in [0.29, 0.717) is 23.2 Å². The van der Waals surface area contributed by atoms with Gasteiger partial charge in [-0.1, -0.05) is 0 Å². The monoisotopic (exact) mass is 245 g/mol. The van der Waals surface area contributed by atoms with Crippen LogP contribution in [-0.4, -0.2) is 16.9 Å². The molecule has 2 rings (SSSR count). The number of carboxylic acid groups (broad SMARTS) is 1. The molecule has 0 fully saturated rings. The molecule has 0 atom stereocenters. The number of allylic oxidation sites excluding steroid dienone is 2. The number of nitrogens with two attached hydrogens (primary N) is 1. The standard InChI is InChI=1S/C14H15NO3/c1-8-11(14(17)18)5-6-12(15)13(8)9-3-2-4-10(16)7-9/h5-7H,2-4,15H2,1H3,(H,17,18). The van der Waals surface area contributed by atoms with E-state index in [1.807, 2.05) is 0 Å². The number of hydrogen-bond acceptors (Lipinski definition) is 3. The Kier molecular flexibility index (Phi) is 3.19. The van der Waals surface area contributed by atoms with Gasteiger partial charge in [0.2, 0.25) is 0 Å². The topological polar surface area (TPSA) is 80.4 Å². The Morgan fingerprint density at radius 2 is 2.06 bits per heavy atom. The summed E-state index contributed by atoms with van der Waals surface area (Å²) in [5.74, 6) is -0.896. The van der Waals surface area contributed by atoms with Crippen LogP contribution < -0.4 is 5.73 Å². The Morgan fingerprint density at radius 1 is 1.33 bits per heavy atom. The summed E-state index contributed by atoms with van der Waals surface area (Å²) in [6, 6.07) is 3.09. The summed E-state index contributed by atoms with van der Waals surface area (Å²) in [6.07, 6.45) is 3.70. The molecule has 18 heavy (non-hydrogen) atoms. The fourth-order valence-electron chi connectivity index (χ4n) is 2.38. The van der Waals surface area contributed by atoms with Crippen molar-refractivity contribution in [3.63, 3.8) is 0 Å². The smallest absolute Gasteiger partial charge is 0.335 e. The van der Waals surface area contributed by atoms with E-state index in [2.05, 4.69) is 0 Å². The molecule has 1 aliphatic rings. The number of carbonyl (C=O) groups excluding carboxylic acids is 1. The first kappa shape index (κ1) is 12.4. The van der Waals surface area contributed by atoms with Crippen LogP contribution in [0.15, 0.2) is 18.2 Å². The predicted octanol–water partition coefficient (Wildman–Crippen LogP) is 2.41. The Labute approximate surface area is 105 Å². The van der Waals surface area contributed by atoms with Crippen LogP contribution in [0.3, 0.4) is 0 Å². The van der Waals surface area contributed by atoms with Crippen LogP contribution in [0.1, 0.15) is 40.7 Å². The minimum absolute atomic E-state index is 0.0794. The Morgan fingerprint density at radius 3 is 2.67 bits per heavy atom. The van der Waals surface area contributed by atoms with Crippen LogP contribution in [0.25, 0.3) is 5.57 Å². The summed E-state index contributed by atoms with van der Waals surface area (Å²) in [5, 5.41) is 9.10. The molecule has 4 nitrogen and oxygen atoms in total. The van der Waals surface area contributed by atoms with Crippen molar-refractivity contribution in [2.24, 2.45) is 0 Å². The summed E-state index contributed by atoms with van der Waals surface area (Å²) < 4.78 is 0. The van der Waals surface area contributed by atoms with Crippen molar-refractivity contribution in [2.75, 3.05) is 5.73 Å². The summed E-state index contributed by atoms with van der Waals surface area (Å²) in [4.78, 5) is 22.6. The molecule has 3 N–H and O–H groups in total.